The molecule has 1 aliphatic rings. The highest BCUT2D eigenvalue weighted by molar-refractivity contribution is 5.85. The molecule has 0 atom stereocenters. The van der Waals surface area contributed by atoms with E-state index in [2.05, 4.69) is 18.7 Å². The second kappa shape index (κ2) is 8.85. The maximum absolute atomic E-state index is 12.3. The summed E-state index contributed by atoms with van der Waals surface area (Å²) in [6.45, 7) is 6.27. The predicted molar refractivity (Wildman–Crippen MR) is 87.2 cm³/mol. The molecule has 2 N–H and O–H groups in total. The van der Waals surface area contributed by atoms with E-state index in [1.54, 1.807) is 0 Å². The number of carbonyl (C=O) groups excluding carboxylic acids is 1. The molecular formula is C15H32ClN3O. The Balaban J connectivity index is 0.00000361. The van der Waals surface area contributed by atoms with Crippen molar-refractivity contribution in [1.82, 2.24) is 9.80 Å². The minimum absolute atomic E-state index is 0. The first-order valence-corrected chi connectivity index (χ1v) is 7.50. The van der Waals surface area contributed by atoms with Crippen LogP contribution in [-0.4, -0.2) is 55.5 Å². The van der Waals surface area contributed by atoms with Crippen molar-refractivity contribution < 1.29 is 4.79 Å². The molecule has 1 amide bonds. The van der Waals surface area contributed by atoms with E-state index >= 15 is 0 Å². The van der Waals surface area contributed by atoms with Gasteiger partial charge in [0, 0.05) is 19.6 Å². The third kappa shape index (κ3) is 6.42. The molecule has 0 heterocycles. The van der Waals surface area contributed by atoms with Gasteiger partial charge in [0.15, 0.2) is 0 Å². The van der Waals surface area contributed by atoms with Crippen LogP contribution in [0.15, 0.2) is 0 Å². The SMILES string of the molecule is CN(CC(=O)N(C)C1CCCCC1)CC(C)(C)CN.Cl. The van der Waals surface area contributed by atoms with Crippen LogP contribution in [0, 0.1) is 5.41 Å². The lowest BCUT2D eigenvalue weighted by Gasteiger charge is -2.34. The largest absolute Gasteiger partial charge is 0.342 e. The number of amides is 1. The van der Waals surface area contributed by atoms with Crippen LogP contribution in [0.5, 0.6) is 0 Å². The van der Waals surface area contributed by atoms with Gasteiger partial charge in [0.05, 0.1) is 6.54 Å². The van der Waals surface area contributed by atoms with E-state index in [-0.39, 0.29) is 23.7 Å². The molecule has 0 spiro atoms. The number of hydrogen-bond acceptors (Lipinski definition) is 3. The zero-order chi connectivity index (χ0) is 14.5. The molecule has 0 unspecified atom stereocenters. The quantitative estimate of drug-likeness (QED) is 0.818. The Labute approximate surface area is 130 Å². The van der Waals surface area contributed by atoms with E-state index in [4.69, 9.17) is 5.73 Å². The number of carbonyl (C=O) groups is 1. The van der Waals surface area contributed by atoms with Crippen molar-refractivity contribution in [2.24, 2.45) is 11.1 Å². The molecule has 4 nitrogen and oxygen atoms in total. The normalized spacial score (nSPS) is 16.9. The van der Waals surface area contributed by atoms with Crippen molar-refractivity contribution in [2.75, 3.05) is 33.7 Å². The van der Waals surface area contributed by atoms with Gasteiger partial charge in [-0.15, -0.1) is 12.4 Å². The van der Waals surface area contributed by atoms with Gasteiger partial charge in [-0.2, -0.15) is 0 Å². The highest BCUT2D eigenvalue weighted by Gasteiger charge is 2.24. The maximum Gasteiger partial charge on any atom is 0.236 e. The van der Waals surface area contributed by atoms with Gasteiger partial charge in [0.2, 0.25) is 5.91 Å². The molecule has 5 heteroatoms. The zero-order valence-electron chi connectivity index (χ0n) is 13.5. The molecule has 0 aromatic rings. The summed E-state index contributed by atoms with van der Waals surface area (Å²) in [5.41, 5.74) is 5.81. The standard InChI is InChI=1S/C15H31N3O.ClH/c1-15(2,11-16)12-17(3)10-14(19)18(4)13-8-6-5-7-9-13;/h13H,5-12,16H2,1-4H3;1H. The van der Waals surface area contributed by atoms with E-state index in [0.717, 1.165) is 6.54 Å². The van der Waals surface area contributed by atoms with Gasteiger partial charge in [-0.05, 0) is 31.8 Å². The number of halogens is 1. The summed E-state index contributed by atoms with van der Waals surface area (Å²) >= 11 is 0. The molecule has 1 saturated carbocycles. The molecule has 0 aromatic carbocycles. The molecular weight excluding hydrogens is 274 g/mol. The van der Waals surface area contributed by atoms with Crippen molar-refractivity contribution in [1.29, 1.82) is 0 Å². The van der Waals surface area contributed by atoms with E-state index < -0.39 is 0 Å². The number of nitrogens with zero attached hydrogens (tertiary/aromatic N) is 2. The highest BCUT2D eigenvalue weighted by Crippen LogP contribution is 2.22. The number of rotatable bonds is 6. The van der Waals surface area contributed by atoms with Crippen LogP contribution in [-0.2, 0) is 4.79 Å². The van der Waals surface area contributed by atoms with E-state index in [9.17, 15) is 4.79 Å². The lowest BCUT2D eigenvalue weighted by molar-refractivity contribution is -0.133. The molecule has 1 aliphatic carbocycles. The van der Waals surface area contributed by atoms with Crippen molar-refractivity contribution >= 4 is 18.3 Å². The second-order valence-electron chi connectivity index (χ2n) is 6.84. The minimum atomic E-state index is 0. The first kappa shape index (κ1) is 19.7. The Hall–Kier alpha value is -0.320. The smallest absolute Gasteiger partial charge is 0.236 e. The number of nitrogens with two attached hydrogens (primary N) is 1. The summed E-state index contributed by atoms with van der Waals surface area (Å²) in [5, 5.41) is 0. The molecule has 0 aliphatic heterocycles. The third-order valence-corrected chi connectivity index (χ3v) is 4.17. The van der Waals surface area contributed by atoms with Gasteiger partial charge in [0.1, 0.15) is 0 Å². The fraction of sp³-hybridized carbons (Fsp3) is 0.933. The Morgan fingerprint density at radius 1 is 1.20 bits per heavy atom. The zero-order valence-corrected chi connectivity index (χ0v) is 14.3. The molecule has 0 radical (unpaired) electrons. The van der Waals surface area contributed by atoms with Gasteiger partial charge in [-0.1, -0.05) is 33.1 Å². The van der Waals surface area contributed by atoms with E-state index in [0.29, 0.717) is 19.1 Å². The van der Waals surface area contributed by atoms with Gasteiger partial charge >= 0.3 is 0 Å². The molecule has 0 saturated heterocycles. The monoisotopic (exact) mass is 305 g/mol. The van der Waals surface area contributed by atoms with Crippen LogP contribution in [0.25, 0.3) is 0 Å². The molecule has 0 aromatic heterocycles. The summed E-state index contributed by atoms with van der Waals surface area (Å²) in [6, 6.07) is 0.456. The molecule has 20 heavy (non-hydrogen) atoms. The second-order valence-corrected chi connectivity index (χ2v) is 6.84. The Morgan fingerprint density at radius 2 is 1.75 bits per heavy atom. The summed E-state index contributed by atoms with van der Waals surface area (Å²) in [5.74, 6) is 0.238. The maximum atomic E-state index is 12.3. The first-order valence-electron chi connectivity index (χ1n) is 7.50. The number of likely N-dealkylation sites (N-methyl/N-ethyl adjacent to an activating group) is 2. The van der Waals surface area contributed by atoms with E-state index in [1.165, 1.54) is 32.1 Å². The molecule has 0 bridgehead atoms. The van der Waals surface area contributed by atoms with Crippen LogP contribution in [0.2, 0.25) is 0 Å². The Morgan fingerprint density at radius 3 is 2.25 bits per heavy atom. The summed E-state index contributed by atoms with van der Waals surface area (Å²) in [6.07, 6.45) is 6.18. The average Bonchev–Trinajstić information content (AvgIpc) is 2.38. The third-order valence-electron chi connectivity index (χ3n) is 4.17. The van der Waals surface area contributed by atoms with Gasteiger partial charge < -0.3 is 10.6 Å². The lowest BCUT2D eigenvalue weighted by Crippen LogP contribution is -2.45. The van der Waals surface area contributed by atoms with Crippen LogP contribution in [0.4, 0.5) is 0 Å². The van der Waals surface area contributed by atoms with Crippen molar-refractivity contribution in [3.8, 4) is 0 Å². The van der Waals surface area contributed by atoms with Gasteiger partial charge in [0.25, 0.3) is 0 Å². The molecule has 1 rings (SSSR count). The fourth-order valence-electron chi connectivity index (χ4n) is 2.87. The fourth-order valence-corrected chi connectivity index (χ4v) is 2.87. The van der Waals surface area contributed by atoms with Crippen LogP contribution in [0.3, 0.4) is 0 Å². The van der Waals surface area contributed by atoms with Crippen molar-refractivity contribution in [3.05, 3.63) is 0 Å². The Kier molecular flexibility index (Phi) is 8.71. The topological polar surface area (TPSA) is 49.6 Å². The highest BCUT2D eigenvalue weighted by atomic mass is 35.5. The summed E-state index contributed by atoms with van der Waals surface area (Å²) in [7, 11) is 3.96. The molecule has 120 valence electrons. The van der Waals surface area contributed by atoms with Crippen molar-refractivity contribution in [2.45, 2.75) is 52.0 Å². The predicted octanol–water partition coefficient (Wildman–Crippen LogP) is 2.12. The van der Waals surface area contributed by atoms with Gasteiger partial charge in [-0.25, -0.2) is 0 Å². The average molecular weight is 306 g/mol. The van der Waals surface area contributed by atoms with Crippen molar-refractivity contribution in [3.63, 3.8) is 0 Å². The van der Waals surface area contributed by atoms with Crippen LogP contribution < -0.4 is 5.73 Å². The number of hydrogen-bond donors (Lipinski definition) is 1. The first-order chi connectivity index (χ1) is 8.85. The summed E-state index contributed by atoms with van der Waals surface area (Å²) < 4.78 is 0. The Bertz CT molecular complexity index is 291. The molecule has 1 fully saturated rings. The van der Waals surface area contributed by atoms with E-state index in [1.807, 2.05) is 19.0 Å². The lowest BCUT2D eigenvalue weighted by atomic mass is 9.93. The minimum Gasteiger partial charge on any atom is -0.342 e. The summed E-state index contributed by atoms with van der Waals surface area (Å²) in [4.78, 5) is 16.3. The van der Waals surface area contributed by atoms with Crippen LogP contribution in [0.1, 0.15) is 46.0 Å². The van der Waals surface area contributed by atoms with Crippen LogP contribution >= 0.6 is 12.4 Å². The van der Waals surface area contributed by atoms with Gasteiger partial charge in [-0.3, -0.25) is 9.69 Å².